The summed E-state index contributed by atoms with van der Waals surface area (Å²) in [6, 6.07) is 17.9. The monoisotopic (exact) mass is 978 g/mol. The van der Waals surface area contributed by atoms with Crippen LogP contribution in [0.2, 0.25) is 104 Å². The fraction of sp³-hybridized carbons (Fsp3) is 0.558. The molecule has 3 rings (SSSR count). The molecule has 0 atom stereocenters. The highest BCUT2D eigenvalue weighted by molar-refractivity contribution is 6.92. The lowest BCUT2D eigenvalue weighted by Crippen LogP contribution is -2.60. The van der Waals surface area contributed by atoms with Crippen LogP contribution >= 0.6 is 0 Å². The molecule has 0 bridgehead atoms. The van der Waals surface area contributed by atoms with Gasteiger partial charge in [0.05, 0.1) is 12.2 Å². The summed E-state index contributed by atoms with van der Waals surface area (Å²) in [6.45, 7) is 36.4. The van der Waals surface area contributed by atoms with E-state index in [1.807, 2.05) is 26.0 Å². The minimum Gasteiger partial charge on any atom is -0.462 e. The number of rotatable bonds is 25. The van der Waals surface area contributed by atoms with Crippen LogP contribution in [0, 0.1) is 13.8 Å². The third-order valence-corrected chi connectivity index (χ3v) is 36.8. The second-order valence-electron chi connectivity index (χ2n) is 19.8. The third-order valence-electron chi connectivity index (χ3n) is 9.62. The van der Waals surface area contributed by atoms with Gasteiger partial charge in [0.25, 0.3) is 0 Å². The molecule has 3 aromatic rings. The number of nitrogen functional groups attached to an aromatic ring is 2. The molecule has 0 unspecified atom stereocenters. The van der Waals surface area contributed by atoms with Crippen molar-refractivity contribution in [2.24, 2.45) is 0 Å². The highest BCUT2D eigenvalue weighted by Crippen LogP contribution is 2.34. The zero-order chi connectivity index (χ0) is 47.0. The molecular weight excluding hydrogens is 901 g/mol. The zero-order valence-corrected chi connectivity index (χ0v) is 47.9. The number of anilines is 2. The summed E-state index contributed by atoms with van der Waals surface area (Å²) < 4.78 is 58.9. The smallest absolute Gasteiger partial charge is 0.338 e. The lowest BCUT2D eigenvalue weighted by atomic mass is 10.1. The van der Waals surface area contributed by atoms with E-state index in [0.29, 0.717) is 46.4 Å². The van der Waals surface area contributed by atoms with Crippen LogP contribution in [0.15, 0.2) is 54.6 Å². The minimum absolute atomic E-state index is 0.261. The number of ether oxygens (including phenoxy) is 3. The fourth-order valence-electron chi connectivity index (χ4n) is 7.91. The summed E-state index contributed by atoms with van der Waals surface area (Å²) in [5, 5.41) is 0. The maximum absolute atomic E-state index is 13.4. The Morgan fingerprint density at radius 2 is 0.855 bits per heavy atom. The van der Waals surface area contributed by atoms with Crippen molar-refractivity contribution in [1.29, 1.82) is 0 Å². The van der Waals surface area contributed by atoms with E-state index in [1.54, 1.807) is 42.5 Å². The molecule has 0 radical (unpaired) electrons. The number of benzene rings is 3. The van der Waals surface area contributed by atoms with Crippen LogP contribution in [-0.4, -0.2) is 72.0 Å². The summed E-state index contributed by atoms with van der Waals surface area (Å²) in [7, 11) is -16.9. The molecule has 0 amide bonds. The van der Waals surface area contributed by atoms with Crippen LogP contribution in [-0.2, 0) is 29.4 Å². The van der Waals surface area contributed by atoms with E-state index in [0.717, 1.165) is 29.6 Å². The van der Waals surface area contributed by atoms with Crippen molar-refractivity contribution in [3.05, 3.63) is 71.3 Å². The van der Waals surface area contributed by atoms with Gasteiger partial charge in [-0.2, -0.15) is 0 Å². The van der Waals surface area contributed by atoms with Crippen LogP contribution < -0.4 is 20.9 Å². The lowest BCUT2D eigenvalue weighted by molar-refractivity contribution is 0.0498. The quantitative estimate of drug-likeness (QED) is 0.0360. The molecule has 0 saturated carbocycles. The Kier molecular flexibility index (Phi) is 18.9. The molecule has 3 aromatic carbocycles. The number of nitrogens with two attached hydrogens (primary N) is 2. The normalized spacial score (nSPS) is 13.3. The van der Waals surface area contributed by atoms with Gasteiger partial charge in [-0.05, 0) is 184 Å². The Labute approximate surface area is 381 Å². The molecule has 0 aliphatic rings. The second kappa shape index (κ2) is 21.7. The Hall–Kier alpha value is -2.39. The van der Waals surface area contributed by atoms with Crippen LogP contribution in [0.3, 0.4) is 0 Å². The first-order chi connectivity index (χ1) is 28.3. The molecule has 348 valence electrons. The van der Waals surface area contributed by atoms with E-state index in [-0.39, 0.29) is 6.61 Å². The van der Waals surface area contributed by atoms with Gasteiger partial charge in [0.1, 0.15) is 23.0 Å². The first kappa shape index (κ1) is 53.9. The van der Waals surface area contributed by atoms with Crippen molar-refractivity contribution < 1.29 is 43.7 Å². The van der Waals surface area contributed by atoms with Gasteiger partial charge in [0, 0.05) is 17.4 Å². The molecule has 62 heavy (non-hydrogen) atoms. The van der Waals surface area contributed by atoms with Crippen LogP contribution in [0.1, 0.15) is 54.1 Å². The average Bonchev–Trinajstić information content (AvgIpc) is 3.07. The van der Waals surface area contributed by atoms with Crippen molar-refractivity contribution in [3.63, 3.8) is 0 Å². The average molecular weight is 980 g/mol. The summed E-state index contributed by atoms with van der Waals surface area (Å²) in [6.07, 6.45) is 3.88. The number of hydrogen-bond acceptors (Lipinski definition) is 12. The zero-order valence-electron chi connectivity index (χ0n) is 40.9. The van der Waals surface area contributed by atoms with E-state index >= 15 is 0 Å². The van der Waals surface area contributed by atoms with Crippen LogP contribution in [0.5, 0.6) is 23.0 Å². The summed E-state index contributed by atoms with van der Waals surface area (Å²) in [4.78, 5) is 13.4. The standard InChI is InChI=1S/C43H78N2O10Si7/c1-18-19-27-56(4,5)50-58(8,9)52-60(12,13)54-62(16,17)55-61(14,15)53-59(10,11)51-57(6,7)28-21-20-26-47-43(46)36-31-39(48-37-22-24-41(44)34(2)29-37)33-40(32-36)49-38-23-25-42(45)35(3)30-38/h22-25,29-33H,18-21,26-28,44-45H2,1-17H3. The highest BCUT2D eigenvalue weighted by atomic mass is 28.5. The van der Waals surface area contributed by atoms with Gasteiger partial charge in [0.15, 0.2) is 16.6 Å². The van der Waals surface area contributed by atoms with Crippen LogP contribution in [0.25, 0.3) is 0 Å². The maximum Gasteiger partial charge on any atom is 0.338 e. The Morgan fingerprint density at radius 3 is 1.23 bits per heavy atom. The predicted octanol–water partition coefficient (Wildman–Crippen LogP) is 12.8. The van der Waals surface area contributed by atoms with Crippen molar-refractivity contribution >= 4 is 76.8 Å². The second-order valence-corrected chi connectivity index (χ2v) is 46.7. The molecule has 19 heteroatoms. The number of hydrogen-bond donors (Lipinski definition) is 2. The Balaban J connectivity index is 1.56. The van der Waals surface area contributed by atoms with Gasteiger partial charge in [0.2, 0.25) is 0 Å². The topological polar surface area (TPSA) is 152 Å². The first-order valence-corrected chi connectivity index (χ1v) is 42.2. The number of aryl methyl sites for hydroxylation is 2. The van der Waals surface area contributed by atoms with E-state index in [9.17, 15) is 4.79 Å². The Morgan fingerprint density at radius 1 is 0.484 bits per heavy atom. The molecule has 0 heterocycles. The van der Waals surface area contributed by atoms with Crippen molar-refractivity contribution in [2.75, 3.05) is 18.1 Å². The first-order valence-electron chi connectivity index (χ1n) is 21.9. The van der Waals surface area contributed by atoms with Crippen molar-refractivity contribution in [1.82, 2.24) is 0 Å². The van der Waals surface area contributed by atoms with Gasteiger partial charge in [-0.25, -0.2) is 4.79 Å². The van der Waals surface area contributed by atoms with Gasteiger partial charge in [-0.3, -0.25) is 0 Å². The minimum atomic E-state index is -2.67. The molecule has 0 aromatic heterocycles. The van der Waals surface area contributed by atoms with Gasteiger partial charge >= 0.3 is 48.8 Å². The van der Waals surface area contributed by atoms with Gasteiger partial charge < -0.3 is 50.4 Å². The van der Waals surface area contributed by atoms with Gasteiger partial charge in [-0.15, -0.1) is 0 Å². The summed E-state index contributed by atoms with van der Waals surface area (Å²) in [5.74, 6) is 1.55. The summed E-state index contributed by atoms with van der Waals surface area (Å²) >= 11 is 0. The Bertz CT molecular complexity index is 1890. The summed E-state index contributed by atoms with van der Waals surface area (Å²) in [5.41, 5.74) is 15.5. The van der Waals surface area contributed by atoms with Crippen LogP contribution in [0.4, 0.5) is 11.4 Å². The molecule has 0 saturated heterocycles. The van der Waals surface area contributed by atoms with E-state index in [1.165, 1.54) is 12.8 Å². The number of unbranched alkanes of at least 4 members (excludes halogenated alkanes) is 2. The molecule has 4 N–H and O–H groups in total. The SMILES string of the molecule is CCCC[Si](C)(C)O[Si](C)(C)O[Si](C)(C)O[Si](C)(C)O[Si](C)(C)O[Si](C)(C)O[Si](C)(C)CCCCOC(=O)c1cc(Oc2ccc(N)c(C)c2)cc(Oc2ccc(N)c(C)c2)c1. The largest absolute Gasteiger partial charge is 0.462 e. The lowest BCUT2D eigenvalue weighted by Gasteiger charge is -2.44. The molecule has 0 fully saturated rings. The van der Waals surface area contributed by atoms with Gasteiger partial charge in [-0.1, -0.05) is 26.2 Å². The number of carbonyl (C=O) groups excluding carboxylic acids is 1. The maximum atomic E-state index is 13.4. The number of esters is 1. The van der Waals surface area contributed by atoms with E-state index < -0.39 is 65.4 Å². The molecule has 0 spiro atoms. The van der Waals surface area contributed by atoms with Crippen molar-refractivity contribution in [3.8, 4) is 23.0 Å². The highest BCUT2D eigenvalue weighted by Gasteiger charge is 2.48. The van der Waals surface area contributed by atoms with Crippen molar-refractivity contribution in [2.45, 2.75) is 150 Å². The molecular formula is C43H78N2O10Si7. The van der Waals surface area contributed by atoms with E-state index in [4.69, 9.17) is 50.4 Å². The molecule has 0 aliphatic carbocycles. The van der Waals surface area contributed by atoms with E-state index in [2.05, 4.69) is 98.6 Å². The molecule has 12 nitrogen and oxygen atoms in total. The third kappa shape index (κ3) is 19.4. The number of carbonyl (C=O) groups is 1. The molecule has 0 aliphatic heterocycles. The predicted molar refractivity (Wildman–Crippen MR) is 271 cm³/mol. The fourth-order valence-corrected chi connectivity index (χ4v) is 43.3.